The topological polar surface area (TPSA) is 30.5 Å². The molecule has 0 bridgehead atoms. The minimum atomic E-state index is 0.376. The third-order valence-corrected chi connectivity index (χ3v) is 4.84. The monoisotopic (exact) mass is 291 g/mol. The van der Waals surface area contributed by atoms with Gasteiger partial charge in [0.1, 0.15) is 11.5 Å². The molecule has 1 saturated carbocycles. The summed E-state index contributed by atoms with van der Waals surface area (Å²) in [6.07, 6.45) is 3.71. The SMILES string of the molecule is CNCC1CCC(C)(C)CC1c1c(OC)cccc1OC. The van der Waals surface area contributed by atoms with Gasteiger partial charge < -0.3 is 14.8 Å². The molecule has 2 unspecified atom stereocenters. The highest BCUT2D eigenvalue weighted by Crippen LogP contribution is 2.50. The molecule has 118 valence electrons. The Morgan fingerprint density at radius 3 is 2.33 bits per heavy atom. The van der Waals surface area contributed by atoms with E-state index in [0.717, 1.165) is 18.0 Å². The van der Waals surface area contributed by atoms with E-state index in [1.807, 2.05) is 13.1 Å². The molecule has 1 aromatic rings. The molecule has 0 aromatic heterocycles. The highest BCUT2D eigenvalue weighted by Gasteiger charge is 2.38. The number of benzene rings is 1. The summed E-state index contributed by atoms with van der Waals surface area (Å²) in [5.41, 5.74) is 1.62. The van der Waals surface area contributed by atoms with Crippen molar-refractivity contribution in [3.8, 4) is 11.5 Å². The molecule has 0 radical (unpaired) electrons. The normalized spacial score (nSPS) is 24.6. The van der Waals surface area contributed by atoms with E-state index in [1.54, 1.807) is 14.2 Å². The fraction of sp³-hybridized carbons (Fsp3) is 0.667. The van der Waals surface area contributed by atoms with Crippen LogP contribution in [-0.2, 0) is 0 Å². The first-order valence-corrected chi connectivity index (χ1v) is 7.88. The molecule has 0 heterocycles. The highest BCUT2D eigenvalue weighted by molar-refractivity contribution is 5.48. The van der Waals surface area contributed by atoms with E-state index in [0.29, 0.717) is 17.3 Å². The van der Waals surface area contributed by atoms with Crippen LogP contribution in [0.5, 0.6) is 11.5 Å². The molecule has 1 fully saturated rings. The van der Waals surface area contributed by atoms with Gasteiger partial charge in [0.15, 0.2) is 0 Å². The quantitative estimate of drug-likeness (QED) is 0.894. The average molecular weight is 291 g/mol. The summed E-state index contributed by atoms with van der Waals surface area (Å²) in [5, 5.41) is 3.36. The molecular weight excluding hydrogens is 262 g/mol. The maximum absolute atomic E-state index is 5.64. The second-order valence-electron chi connectivity index (χ2n) is 6.91. The zero-order chi connectivity index (χ0) is 15.5. The first-order valence-electron chi connectivity index (χ1n) is 7.88. The number of methoxy groups -OCH3 is 2. The van der Waals surface area contributed by atoms with Crippen LogP contribution in [-0.4, -0.2) is 27.8 Å². The van der Waals surface area contributed by atoms with Gasteiger partial charge in [0.05, 0.1) is 14.2 Å². The van der Waals surface area contributed by atoms with E-state index < -0.39 is 0 Å². The van der Waals surface area contributed by atoms with E-state index >= 15 is 0 Å². The van der Waals surface area contributed by atoms with Crippen molar-refractivity contribution in [2.75, 3.05) is 27.8 Å². The molecule has 0 amide bonds. The van der Waals surface area contributed by atoms with Crippen molar-refractivity contribution in [1.82, 2.24) is 5.32 Å². The summed E-state index contributed by atoms with van der Waals surface area (Å²) in [7, 11) is 5.54. The van der Waals surface area contributed by atoms with Gasteiger partial charge >= 0.3 is 0 Å². The summed E-state index contributed by atoms with van der Waals surface area (Å²) in [4.78, 5) is 0. The Morgan fingerprint density at radius 2 is 1.81 bits per heavy atom. The third kappa shape index (κ3) is 3.52. The van der Waals surface area contributed by atoms with Crippen molar-refractivity contribution in [3.05, 3.63) is 23.8 Å². The molecule has 1 aliphatic carbocycles. The Bertz CT molecular complexity index is 448. The maximum atomic E-state index is 5.64. The molecule has 0 spiro atoms. The fourth-order valence-corrected chi connectivity index (χ4v) is 3.73. The molecule has 1 aliphatic rings. The minimum absolute atomic E-state index is 0.376. The van der Waals surface area contributed by atoms with Crippen molar-refractivity contribution in [1.29, 1.82) is 0 Å². The van der Waals surface area contributed by atoms with Gasteiger partial charge in [-0.3, -0.25) is 0 Å². The average Bonchev–Trinajstić information content (AvgIpc) is 2.48. The van der Waals surface area contributed by atoms with E-state index in [1.165, 1.54) is 24.8 Å². The molecule has 2 atom stereocenters. The Hall–Kier alpha value is -1.22. The highest BCUT2D eigenvalue weighted by atomic mass is 16.5. The predicted octanol–water partition coefficient (Wildman–Crippen LogP) is 3.83. The van der Waals surface area contributed by atoms with E-state index in [2.05, 4.69) is 31.3 Å². The van der Waals surface area contributed by atoms with Gasteiger partial charge in [0.25, 0.3) is 0 Å². The van der Waals surface area contributed by atoms with Crippen molar-refractivity contribution >= 4 is 0 Å². The molecule has 1 N–H and O–H groups in total. The standard InChI is InChI=1S/C18H29NO2/c1-18(2)10-9-13(12-19-3)14(11-18)17-15(20-4)7-6-8-16(17)21-5/h6-8,13-14,19H,9-12H2,1-5H3. The second kappa shape index (κ2) is 6.69. The van der Waals surface area contributed by atoms with E-state index in [9.17, 15) is 0 Å². The lowest BCUT2D eigenvalue weighted by Gasteiger charge is -2.41. The van der Waals surface area contributed by atoms with Gasteiger partial charge in [-0.05, 0) is 62.2 Å². The molecule has 0 aliphatic heterocycles. The van der Waals surface area contributed by atoms with Gasteiger partial charge in [-0.2, -0.15) is 0 Å². The number of rotatable bonds is 5. The van der Waals surface area contributed by atoms with Gasteiger partial charge in [-0.25, -0.2) is 0 Å². The third-order valence-electron chi connectivity index (χ3n) is 4.84. The van der Waals surface area contributed by atoms with Crippen LogP contribution < -0.4 is 14.8 Å². The lowest BCUT2D eigenvalue weighted by molar-refractivity contribution is 0.157. The van der Waals surface area contributed by atoms with Crippen LogP contribution in [0.3, 0.4) is 0 Å². The first-order chi connectivity index (χ1) is 10.0. The van der Waals surface area contributed by atoms with Gasteiger partial charge in [-0.15, -0.1) is 0 Å². The molecule has 3 nitrogen and oxygen atoms in total. The predicted molar refractivity (Wildman–Crippen MR) is 87.3 cm³/mol. The first kappa shape index (κ1) is 16.2. The zero-order valence-corrected chi connectivity index (χ0v) is 14.0. The largest absolute Gasteiger partial charge is 0.496 e. The Morgan fingerprint density at radius 1 is 1.19 bits per heavy atom. The number of hydrogen-bond donors (Lipinski definition) is 1. The zero-order valence-electron chi connectivity index (χ0n) is 14.0. The molecule has 21 heavy (non-hydrogen) atoms. The van der Waals surface area contributed by atoms with Crippen LogP contribution in [0, 0.1) is 11.3 Å². The van der Waals surface area contributed by atoms with Crippen molar-refractivity contribution < 1.29 is 9.47 Å². The summed E-state index contributed by atoms with van der Waals surface area (Å²) < 4.78 is 11.3. The fourth-order valence-electron chi connectivity index (χ4n) is 3.73. The maximum Gasteiger partial charge on any atom is 0.126 e. The molecular formula is C18H29NO2. The number of nitrogens with one attached hydrogen (secondary N) is 1. The minimum Gasteiger partial charge on any atom is -0.496 e. The summed E-state index contributed by atoms with van der Waals surface area (Å²) in [6.45, 7) is 5.79. The van der Waals surface area contributed by atoms with E-state index in [4.69, 9.17) is 9.47 Å². The van der Waals surface area contributed by atoms with Crippen LogP contribution >= 0.6 is 0 Å². The van der Waals surface area contributed by atoms with Gasteiger partial charge in [0.2, 0.25) is 0 Å². The smallest absolute Gasteiger partial charge is 0.126 e. The van der Waals surface area contributed by atoms with Crippen LogP contribution in [0.4, 0.5) is 0 Å². The number of hydrogen-bond acceptors (Lipinski definition) is 3. The van der Waals surface area contributed by atoms with E-state index in [-0.39, 0.29) is 0 Å². The lowest BCUT2D eigenvalue weighted by atomic mass is 9.65. The Labute approximate surface area is 129 Å². The summed E-state index contributed by atoms with van der Waals surface area (Å²) in [5.74, 6) is 3.02. The summed E-state index contributed by atoms with van der Waals surface area (Å²) in [6, 6.07) is 6.11. The molecule has 2 rings (SSSR count). The van der Waals surface area contributed by atoms with Crippen LogP contribution in [0.25, 0.3) is 0 Å². The number of ether oxygens (including phenoxy) is 2. The van der Waals surface area contributed by atoms with Gasteiger partial charge in [-0.1, -0.05) is 19.9 Å². The van der Waals surface area contributed by atoms with Crippen molar-refractivity contribution in [2.45, 2.75) is 39.0 Å². The van der Waals surface area contributed by atoms with Crippen LogP contribution in [0.15, 0.2) is 18.2 Å². The molecule has 3 heteroatoms. The van der Waals surface area contributed by atoms with Gasteiger partial charge in [0, 0.05) is 5.56 Å². The Kier molecular flexibility index (Phi) is 5.15. The lowest BCUT2D eigenvalue weighted by Crippen LogP contribution is -2.34. The Balaban J connectivity index is 2.44. The second-order valence-corrected chi connectivity index (χ2v) is 6.91. The van der Waals surface area contributed by atoms with Crippen LogP contribution in [0.1, 0.15) is 44.6 Å². The molecule has 0 saturated heterocycles. The summed E-state index contributed by atoms with van der Waals surface area (Å²) >= 11 is 0. The molecule has 1 aromatic carbocycles. The van der Waals surface area contributed by atoms with Crippen molar-refractivity contribution in [3.63, 3.8) is 0 Å². The van der Waals surface area contributed by atoms with Crippen molar-refractivity contribution in [2.24, 2.45) is 11.3 Å². The van der Waals surface area contributed by atoms with Crippen LogP contribution in [0.2, 0.25) is 0 Å².